The molecular formula is C9H12. The maximum Gasteiger partial charge on any atom is -0.00200 e. The molecule has 0 saturated carbocycles. The van der Waals surface area contributed by atoms with Crippen LogP contribution in [0.3, 0.4) is 0 Å². The lowest BCUT2D eigenvalue weighted by Crippen LogP contribution is -2.00. The maximum atomic E-state index is 2.42. The smallest absolute Gasteiger partial charge is 0.00200 e. The van der Waals surface area contributed by atoms with Crippen molar-refractivity contribution in [2.24, 2.45) is 5.92 Å². The lowest BCUT2D eigenvalue weighted by molar-refractivity contribution is 0.605. The highest BCUT2D eigenvalue weighted by Crippen LogP contribution is 2.32. The molecule has 1 unspecified atom stereocenters. The second-order valence-electron chi connectivity index (χ2n) is 2.95. The lowest BCUT2D eigenvalue weighted by Gasteiger charge is -2.15. The average molecular weight is 120 g/mol. The molecule has 0 saturated heterocycles. The van der Waals surface area contributed by atoms with Gasteiger partial charge < -0.3 is 0 Å². The van der Waals surface area contributed by atoms with Crippen molar-refractivity contribution in [2.75, 3.05) is 0 Å². The van der Waals surface area contributed by atoms with E-state index < -0.39 is 0 Å². The van der Waals surface area contributed by atoms with Gasteiger partial charge in [-0.15, -0.1) is 0 Å². The molecule has 2 rings (SSSR count). The molecule has 0 radical (unpaired) electrons. The first-order valence-electron chi connectivity index (χ1n) is 3.82. The van der Waals surface area contributed by atoms with E-state index in [1.165, 1.54) is 25.7 Å². The molecular weight excluding hydrogens is 108 g/mol. The molecule has 0 bridgehead atoms. The molecule has 0 heterocycles. The molecule has 0 nitrogen and oxygen atoms in total. The van der Waals surface area contributed by atoms with E-state index in [4.69, 9.17) is 0 Å². The fourth-order valence-electron chi connectivity index (χ4n) is 1.78. The second kappa shape index (κ2) is 2.02. The van der Waals surface area contributed by atoms with Crippen LogP contribution >= 0.6 is 0 Å². The Morgan fingerprint density at radius 3 is 3.33 bits per heavy atom. The molecule has 0 aromatic heterocycles. The largest absolute Gasteiger partial charge is 0.0844 e. The van der Waals surface area contributed by atoms with Gasteiger partial charge in [0, 0.05) is 0 Å². The van der Waals surface area contributed by atoms with Crippen molar-refractivity contribution in [2.45, 2.75) is 25.7 Å². The molecule has 0 aromatic carbocycles. The molecule has 9 heavy (non-hydrogen) atoms. The quantitative estimate of drug-likeness (QED) is 0.431. The summed E-state index contributed by atoms with van der Waals surface area (Å²) in [4.78, 5) is 0. The summed E-state index contributed by atoms with van der Waals surface area (Å²) in [6.07, 6.45) is 12.5. The topological polar surface area (TPSA) is 0 Å². The van der Waals surface area contributed by atoms with E-state index in [0.717, 1.165) is 5.92 Å². The third-order valence-electron chi connectivity index (χ3n) is 2.32. The predicted octanol–water partition coefficient (Wildman–Crippen LogP) is 2.67. The highest BCUT2D eigenvalue weighted by Gasteiger charge is 2.16. The number of hydrogen-bond acceptors (Lipinski definition) is 0. The summed E-state index contributed by atoms with van der Waals surface area (Å²) < 4.78 is 0. The fourth-order valence-corrected chi connectivity index (χ4v) is 1.78. The number of hydrogen-bond donors (Lipinski definition) is 0. The van der Waals surface area contributed by atoms with Crippen LogP contribution in [0.15, 0.2) is 23.8 Å². The molecule has 0 aromatic rings. The van der Waals surface area contributed by atoms with Crippen LogP contribution in [0.2, 0.25) is 0 Å². The van der Waals surface area contributed by atoms with Crippen molar-refractivity contribution in [3.05, 3.63) is 23.8 Å². The van der Waals surface area contributed by atoms with Gasteiger partial charge >= 0.3 is 0 Å². The van der Waals surface area contributed by atoms with Gasteiger partial charge in [-0.3, -0.25) is 0 Å². The molecule has 0 spiro atoms. The van der Waals surface area contributed by atoms with Crippen LogP contribution in [0.4, 0.5) is 0 Å². The summed E-state index contributed by atoms with van der Waals surface area (Å²) in [5.41, 5.74) is 1.68. The van der Waals surface area contributed by atoms with Gasteiger partial charge in [0.25, 0.3) is 0 Å². The van der Waals surface area contributed by atoms with Crippen LogP contribution < -0.4 is 0 Å². The van der Waals surface area contributed by atoms with E-state index in [-0.39, 0.29) is 0 Å². The molecule has 0 aliphatic heterocycles. The number of rotatable bonds is 0. The molecule has 48 valence electrons. The highest BCUT2D eigenvalue weighted by molar-refractivity contribution is 5.24. The zero-order valence-corrected chi connectivity index (χ0v) is 5.64. The van der Waals surface area contributed by atoms with E-state index >= 15 is 0 Å². The third kappa shape index (κ3) is 0.827. The number of fused-ring (bicyclic) bond motifs is 1. The van der Waals surface area contributed by atoms with Crippen LogP contribution in [-0.4, -0.2) is 0 Å². The van der Waals surface area contributed by atoms with Gasteiger partial charge in [0.15, 0.2) is 0 Å². The Balaban J connectivity index is 2.22. The predicted molar refractivity (Wildman–Crippen MR) is 39.2 cm³/mol. The van der Waals surface area contributed by atoms with Gasteiger partial charge in [0.1, 0.15) is 0 Å². The molecule has 0 fully saturated rings. The van der Waals surface area contributed by atoms with Crippen molar-refractivity contribution in [1.29, 1.82) is 0 Å². The van der Waals surface area contributed by atoms with Crippen molar-refractivity contribution in [1.82, 2.24) is 0 Å². The van der Waals surface area contributed by atoms with E-state index in [1.54, 1.807) is 5.57 Å². The zero-order chi connectivity index (χ0) is 6.10. The molecule has 1 atom stereocenters. The molecule has 0 amide bonds. The van der Waals surface area contributed by atoms with Crippen molar-refractivity contribution in [3.63, 3.8) is 0 Å². The summed E-state index contributed by atoms with van der Waals surface area (Å²) in [5, 5.41) is 0. The minimum atomic E-state index is 0.846. The van der Waals surface area contributed by atoms with E-state index in [0.29, 0.717) is 0 Å². The monoisotopic (exact) mass is 120 g/mol. The molecule has 2 aliphatic rings. The molecule has 0 N–H and O–H groups in total. The Morgan fingerprint density at radius 2 is 2.44 bits per heavy atom. The normalized spacial score (nSPS) is 32.0. The van der Waals surface area contributed by atoms with Gasteiger partial charge in [-0.25, -0.2) is 0 Å². The first-order valence-corrected chi connectivity index (χ1v) is 3.82. The van der Waals surface area contributed by atoms with E-state index in [2.05, 4.69) is 18.2 Å². The summed E-state index contributed by atoms with van der Waals surface area (Å²) in [6.45, 7) is 0. The summed E-state index contributed by atoms with van der Waals surface area (Å²) in [5.74, 6) is 0.846. The third-order valence-corrected chi connectivity index (χ3v) is 2.32. The van der Waals surface area contributed by atoms with Crippen LogP contribution in [0, 0.1) is 5.92 Å². The Labute approximate surface area is 56.3 Å². The van der Waals surface area contributed by atoms with Gasteiger partial charge in [-0.05, 0) is 31.6 Å². The first-order chi connectivity index (χ1) is 4.47. The van der Waals surface area contributed by atoms with Crippen LogP contribution in [0.1, 0.15) is 25.7 Å². The van der Waals surface area contributed by atoms with Crippen LogP contribution in [0.25, 0.3) is 0 Å². The van der Waals surface area contributed by atoms with Crippen molar-refractivity contribution < 1.29 is 0 Å². The SMILES string of the molecule is C1=CC2CCCC=C2C1. The molecule has 0 heteroatoms. The minimum Gasteiger partial charge on any atom is -0.0844 e. The van der Waals surface area contributed by atoms with E-state index in [1.807, 2.05) is 0 Å². The average Bonchev–Trinajstić information content (AvgIpc) is 2.33. The van der Waals surface area contributed by atoms with Gasteiger partial charge in [0.2, 0.25) is 0 Å². The number of allylic oxidation sites excluding steroid dienone is 4. The maximum absolute atomic E-state index is 2.42. The van der Waals surface area contributed by atoms with E-state index in [9.17, 15) is 0 Å². The summed E-state index contributed by atoms with van der Waals surface area (Å²) in [7, 11) is 0. The van der Waals surface area contributed by atoms with Gasteiger partial charge in [-0.2, -0.15) is 0 Å². The second-order valence-corrected chi connectivity index (χ2v) is 2.95. The van der Waals surface area contributed by atoms with Gasteiger partial charge in [0.05, 0.1) is 0 Å². The van der Waals surface area contributed by atoms with Crippen LogP contribution in [0.5, 0.6) is 0 Å². The zero-order valence-electron chi connectivity index (χ0n) is 5.64. The first kappa shape index (κ1) is 5.28. The highest BCUT2D eigenvalue weighted by atomic mass is 14.2. The fraction of sp³-hybridized carbons (Fsp3) is 0.556. The Morgan fingerprint density at radius 1 is 1.44 bits per heavy atom. The van der Waals surface area contributed by atoms with Crippen molar-refractivity contribution in [3.8, 4) is 0 Å². The standard InChI is InChI=1S/C9H12/c1-2-5-9-7-3-6-8(9)4-1/h3-4,7,9H,1-2,5-6H2. The Hall–Kier alpha value is -0.520. The van der Waals surface area contributed by atoms with Crippen LogP contribution in [-0.2, 0) is 0 Å². The van der Waals surface area contributed by atoms with Gasteiger partial charge in [-0.1, -0.05) is 23.8 Å². The Kier molecular flexibility index (Phi) is 1.18. The lowest BCUT2D eigenvalue weighted by atomic mass is 9.90. The molecule has 2 aliphatic carbocycles. The van der Waals surface area contributed by atoms with Crippen molar-refractivity contribution >= 4 is 0 Å². The minimum absolute atomic E-state index is 0.846. The summed E-state index contributed by atoms with van der Waals surface area (Å²) >= 11 is 0. The summed E-state index contributed by atoms with van der Waals surface area (Å²) in [6, 6.07) is 0. The Bertz CT molecular complexity index is 163.